The maximum Gasteiger partial charge on any atom is 0.223 e. The SMILES string of the molecule is O=C(NCc1cccc2[nH]ccc12)C1CCc2sc(N3CCOCC3)nc2C1. The predicted molar refractivity (Wildman–Crippen MR) is 111 cm³/mol. The van der Waals surface area contributed by atoms with Crippen LogP contribution in [0.15, 0.2) is 30.5 Å². The van der Waals surface area contributed by atoms with Crippen molar-refractivity contribution in [1.29, 1.82) is 0 Å². The third-order valence-corrected chi connectivity index (χ3v) is 6.94. The number of aryl methyl sites for hydroxylation is 1. The predicted octanol–water partition coefficient (Wildman–Crippen LogP) is 2.88. The van der Waals surface area contributed by atoms with Gasteiger partial charge in [-0.2, -0.15) is 0 Å². The number of morpholine rings is 1. The molecule has 5 rings (SSSR count). The van der Waals surface area contributed by atoms with Gasteiger partial charge in [-0.25, -0.2) is 4.98 Å². The van der Waals surface area contributed by atoms with E-state index >= 15 is 0 Å². The largest absolute Gasteiger partial charge is 0.378 e. The number of rotatable bonds is 4. The zero-order valence-electron chi connectivity index (χ0n) is 15.7. The summed E-state index contributed by atoms with van der Waals surface area (Å²) in [7, 11) is 0. The van der Waals surface area contributed by atoms with Crippen molar-refractivity contribution in [3.05, 3.63) is 46.6 Å². The molecule has 2 aliphatic rings. The van der Waals surface area contributed by atoms with Crippen LogP contribution in [0.25, 0.3) is 10.9 Å². The zero-order chi connectivity index (χ0) is 18.9. The molecule has 0 spiro atoms. The van der Waals surface area contributed by atoms with Crippen molar-refractivity contribution in [3.8, 4) is 0 Å². The Labute approximate surface area is 167 Å². The minimum absolute atomic E-state index is 0.0116. The van der Waals surface area contributed by atoms with Crippen LogP contribution in [-0.4, -0.2) is 42.2 Å². The fourth-order valence-corrected chi connectivity index (χ4v) is 5.26. The number of fused-ring (bicyclic) bond motifs is 2. The van der Waals surface area contributed by atoms with Gasteiger partial charge in [-0.05, 0) is 30.5 Å². The number of aromatic nitrogens is 2. The molecule has 3 aromatic rings. The van der Waals surface area contributed by atoms with Crippen LogP contribution in [0.1, 0.15) is 22.6 Å². The smallest absolute Gasteiger partial charge is 0.223 e. The van der Waals surface area contributed by atoms with E-state index in [0.717, 1.165) is 67.5 Å². The van der Waals surface area contributed by atoms with Gasteiger partial charge < -0.3 is 19.9 Å². The van der Waals surface area contributed by atoms with Crippen LogP contribution >= 0.6 is 11.3 Å². The van der Waals surface area contributed by atoms with Crippen LogP contribution in [0.5, 0.6) is 0 Å². The van der Waals surface area contributed by atoms with Crippen molar-refractivity contribution in [1.82, 2.24) is 15.3 Å². The van der Waals surface area contributed by atoms with Gasteiger partial charge in [-0.3, -0.25) is 4.79 Å². The second-order valence-corrected chi connectivity index (χ2v) is 8.54. The Morgan fingerprint density at radius 1 is 1.32 bits per heavy atom. The summed E-state index contributed by atoms with van der Waals surface area (Å²) in [5, 5.41) is 5.41. The average Bonchev–Trinajstić information content (AvgIpc) is 3.39. The van der Waals surface area contributed by atoms with Gasteiger partial charge in [0, 0.05) is 53.9 Å². The number of nitrogens with one attached hydrogen (secondary N) is 2. The zero-order valence-corrected chi connectivity index (χ0v) is 16.6. The van der Waals surface area contributed by atoms with Crippen LogP contribution in [0.3, 0.4) is 0 Å². The number of hydrogen-bond donors (Lipinski definition) is 2. The Kier molecular flexibility index (Phi) is 4.78. The van der Waals surface area contributed by atoms with Crippen molar-refractivity contribution in [3.63, 3.8) is 0 Å². The van der Waals surface area contributed by atoms with Gasteiger partial charge in [0.15, 0.2) is 5.13 Å². The standard InChI is InChI=1S/C21H24N4O2S/c26-20(23-13-15-2-1-3-17-16(15)6-7-22-17)14-4-5-19-18(12-14)24-21(28-19)25-8-10-27-11-9-25/h1-3,6-7,14,22H,4-5,8-13H2,(H,23,26). The molecule has 6 nitrogen and oxygen atoms in total. The molecule has 0 saturated carbocycles. The maximum atomic E-state index is 12.8. The van der Waals surface area contributed by atoms with Crippen molar-refractivity contribution in [2.24, 2.45) is 5.92 Å². The molecule has 1 aromatic carbocycles. The van der Waals surface area contributed by atoms with E-state index in [1.165, 1.54) is 10.3 Å². The molecule has 3 heterocycles. The highest BCUT2D eigenvalue weighted by atomic mass is 32.1. The van der Waals surface area contributed by atoms with E-state index in [1.54, 1.807) is 11.3 Å². The summed E-state index contributed by atoms with van der Waals surface area (Å²) < 4.78 is 5.44. The molecule has 0 bridgehead atoms. The monoisotopic (exact) mass is 396 g/mol. The molecule has 2 N–H and O–H groups in total. The van der Waals surface area contributed by atoms with Crippen LogP contribution < -0.4 is 10.2 Å². The second-order valence-electron chi connectivity index (χ2n) is 7.48. The summed E-state index contributed by atoms with van der Waals surface area (Å²) in [5.41, 5.74) is 3.37. The first-order chi connectivity index (χ1) is 13.8. The Bertz CT molecular complexity index is 989. The highest BCUT2D eigenvalue weighted by Crippen LogP contribution is 2.34. The van der Waals surface area contributed by atoms with Crippen LogP contribution in [-0.2, 0) is 28.9 Å². The lowest BCUT2D eigenvalue weighted by molar-refractivity contribution is -0.125. The molecular formula is C21H24N4O2S. The molecule has 0 radical (unpaired) electrons. The number of nitrogens with zero attached hydrogens (tertiary/aromatic N) is 2. The topological polar surface area (TPSA) is 70.2 Å². The van der Waals surface area contributed by atoms with E-state index in [1.807, 2.05) is 12.3 Å². The fourth-order valence-electron chi connectivity index (χ4n) is 4.11. The number of carbonyl (C=O) groups excluding carboxylic acids is 1. The molecule has 28 heavy (non-hydrogen) atoms. The highest BCUT2D eigenvalue weighted by Gasteiger charge is 2.28. The third kappa shape index (κ3) is 3.40. The molecule has 2 aromatic heterocycles. The number of benzene rings is 1. The van der Waals surface area contributed by atoms with E-state index in [2.05, 4.69) is 33.4 Å². The number of anilines is 1. The number of carbonyl (C=O) groups is 1. The molecule has 1 unspecified atom stereocenters. The molecule has 1 amide bonds. The Morgan fingerprint density at radius 2 is 2.21 bits per heavy atom. The molecule has 1 aliphatic carbocycles. The number of thiazole rings is 1. The highest BCUT2D eigenvalue weighted by molar-refractivity contribution is 7.15. The summed E-state index contributed by atoms with van der Waals surface area (Å²) in [6, 6.07) is 8.21. The van der Waals surface area contributed by atoms with E-state index in [4.69, 9.17) is 9.72 Å². The number of H-pyrrole nitrogens is 1. The molecular weight excluding hydrogens is 372 g/mol. The van der Waals surface area contributed by atoms with Gasteiger partial charge in [-0.1, -0.05) is 12.1 Å². The van der Waals surface area contributed by atoms with Gasteiger partial charge in [-0.15, -0.1) is 11.3 Å². The molecule has 1 aliphatic heterocycles. The lowest BCUT2D eigenvalue weighted by Crippen LogP contribution is -2.36. The Morgan fingerprint density at radius 3 is 3.11 bits per heavy atom. The van der Waals surface area contributed by atoms with E-state index in [9.17, 15) is 4.79 Å². The summed E-state index contributed by atoms with van der Waals surface area (Å²) in [6.07, 6.45) is 4.53. The minimum Gasteiger partial charge on any atom is -0.378 e. The lowest BCUT2D eigenvalue weighted by Gasteiger charge is -2.26. The van der Waals surface area contributed by atoms with Crippen LogP contribution in [0, 0.1) is 5.92 Å². The fraction of sp³-hybridized carbons (Fsp3) is 0.429. The molecule has 1 fully saturated rings. The van der Waals surface area contributed by atoms with Crippen LogP contribution in [0.4, 0.5) is 5.13 Å². The summed E-state index contributed by atoms with van der Waals surface area (Å²) >= 11 is 1.79. The van der Waals surface area contributed by atoms with Crippen molar-refractivity contribution >= 4 is 33.3 Å². The third-order valence-electron chi connectivity index (χ3n) is 5.72. The van der Waals surface area contributed by atoms with E-state index in [0.29, 0.717) is 6.54 Å². The first-order valence-electron chi connectivity index (χ1n) is 9.92. The van der Waals surface area contributed by atoms with Gasteiger partial charge >= 0.3 is 0 Å². The van der Waals surface area contributed by atoms with Gasteiger partial charge in [0.1, 0.15) is 0 Å². The van der Waals surface area contributed by atoms with Gasteiger partial charge in [0.25, 0.3) is 0 Å². The maximum absolute atomic E-state index is 12.8. The first kappa shape index (κ1) is 17.7. The first-order valence-corrected chi connectivity index (χ1v) is 10.7. The number of amides is 1. The van der Waals surface area contributed by atoms with Crippen LogP contribution in [0.2, 0.25) is 0 Å². The Balaban J connectivity index is 1.23. The quantitative estimate of drug-likeness (QED) is 0.711. The van der Waals surface area contributed by atoms with E-state index in [-0.39, 0.29) is 11.8 Å². The number of hydrogen-bond acceptors (Lipinski definition) is 5. The van der Waals surface area contributed by atoms with Crippen molar-refractivity contribution in [2.75, 3.05) is 31.2 Å². The molecule has 1 atom stereocenters. The number of aromatic amines is 1. The molecule has 146 valence electrons. The minimum atomic E-state index is 0.0116. The lowest BCUT2D eigenvalue weighted by atomic mass is 9.90. The Hall–Kier alpha value is -2.38. The molecule has 7 heteroatoms. The number of ether oxygens (including phenoxy) is 1. The summed E-state index contributed by atoms with van der Waals surface area (Å²) in [4.78, 5) is 24.5. The average molecular weight is 397 g/mol. The second kappa shape index (κ2) is 7.56. The van der Waals surface area contributed by atoms with Gasteiger partial charge in [0.2, 0.25) is 5.91 Å². The van der Waals surface area contributed by atoms with Crippen molar-refractivity contribution in [2.45, 2.75) is 25.8 Å². The normalized spacial score (nSPS) is 19.6. The van der Waals surface area contributed by atoms with Crippen molar-refractivity contribution < 1.29 is 9.53 Å². The summed E-state index contributed by atoms with van der Waals surface area (Å²) in [5.74, 6) is 0.150. The summed E-state index contributed by atoms with van der Waals surface area (Å²) in [6.45, 7) is 3.90. The van der Waals surface area contributed by atoms with E-state index < -0.39 is 0 Å². The molecule has 1 saturated heterocycles. The van der Waals surface area contributed by atoms with Gasteiger partial charge in [0.05, 0.1) is 18.9 Å².